The van der Waals surface area contributed by atoms with Crippen LogP contribution in [0.1, 0.15) is 27.2 Å². The third kappa shape index (κ3) is 3.56. The van der Waals surface area contributed by atoms with Crippen LogP contribution < -0.4 is 5.32 Å². The van der Waals surface area contributed by atoms with Crippen molar-refractivity contribution in [1.29, 1.82) is 0 Å². The monoisotopic (exact) mass is 406 g/mol. The van der Waals surface area contributed by atoms with Crippen LogP contribution in [-0.2, 0) is 16.1 Å². The van der Waals surface area contributed by atoms with Gasteiger partial charge in [-0.3, -0.25) is 14.9 Å². The van der Waals surface area contributed by atoms with Gasteiger partial charge in [0.25, 0.3) is 11.1 Å². The number of imide groups is 1. The average molecular weight is 406 g/mol. The lowest BCUT2D eigenvalue weighted by Crippen LogP contribution is -2.17. The number of hydrogen-bond donors (Lipinski definition) is 1. The summed E-state index contributed by atoms with van der Waals surface area (Å²) < 4.78 is 6.91. The molecule has 1 aliphatic rings. The van der Waals surface area contributed by atoms with Crippen LogP contribution in [0.15, 0.2) is 53.4 Å². The first kappa shape index (κ1) is 19.0. The maximum atomic E-state index is 12.0. The number of aromatic nitrogens is 1. The first-order valence-corrected chi connectivity index (χ1v) is 9.79. The van der Waals surface area contributed by atoms with Gasteiger partial charge in [-0.1, -0.05) is 30.3 Å². The molecule has 7 heteroatoms. The van der Waals surface area contributed by atoms with E-state index in [1.54, 1.807) is 18.2 Å². The van der Waals surface area contributed by atoms with Gasteiger partial charge in [0, 0.05) is 28.7 Å². The number of nitrogens with one attached hydrogen (secondary N) is 1. The van der Waals surface area contributed by atoms with Gasteiger partial charge in [0.15, 0.2) is 0 Å². The molecule has 1 aliphatic heterocycles. The van der Waals surface area contributed by atoms with Gasteiger partial charge < -0.3 is 9.30 Å². The molecule has 1 aromatic heterocycles. The highest BCUT2D eigenvalue weighted by Crippen LogP contribution is 2.32. The Bertz CT molecular complexity index is 1180. The number of para-hydroxylation sites is 1. The molecule has 0 bridgehead atoms. The maximum Gasteiger partial charge on any atom is 0.337 e. The van der Waals surface area contributed by atoms with E-state index in [0.29, 0.717) is 17.0 Å². The smallest absolute Gasteiger partial charge is 0.337 e. The quantitative estimate of drug-likeness (QED) is 0.521. The number of methoxy groups -OCH3 is 1. The summed E-state index contributed by atoms with van der Waals surface area (Å²) in [7, 11) is 1.36. The molecule has 146 valence electrons. The largest absolute Gasteiger partial charge is 0.465 e. The molecule has 0 spiro atoms. The second-order valence-corrected chi connectivity index (χ2v) is 7.66. The van der Waals surface area contributed by atoms with Crippen molar-refractivity contribution in [2.45, 2.75) is 13.5 Å². The summed E-state index contributed by atoms with van der Waals surface area (Å²) in [6.07, 6.45) is 1.78. The number of benzene rings is 2. The third-order valence-electron chi connectivity index (χ3n) is 4.91. The number of hydrogen-bond acceptors (Lipinski definition) is 5. The van der Waals surface area contributed by atoms with Gasteiger partial charge in [-0.15, -0.1) is 0 Å². The fourth-order valence-corrected chi connectivity index (χ4v) is 4.11. The molecule has 2 amide bonds. The van der Waals surface area contributed by atoms with E-state index < -0.39 is 0 Å². The molecular weight excluding hydrogens is 388 g/mol. The Morgan fingerprint density at radius 2 is 1.86 bits per heavy atom. The predicted octanol–water partition coefficient (Wildman–Crippen LogP) is 4.11. The minimum absolute atomic E-state index is 0.353. The Labute approximate surface area is 171 Å². The van der Waals surface area contributed by atoms with Crippen molar-refractivity contribution in [2.24, 2.45) is 0 Å². The van der Waals surface area contributed by atoms with Crippen LogP contribution in [-0.4, -0.2) is 28.8 Å². The number of nitrogens with zero attached hydrogens (tertiary/aromatic N) is 1. The van der Waals surface area contributed by atoms with E-state index in [0.717, 1.165) is 39.5 Å². The number of carbonyl (C=O) groups is 3. The highest BCUT2D eigenvalue weighted by Gasteiger charge is 2.26. The summed E-state index contributed by atoms with van der Waals surface area (Å²) in [5, 5.41) is 2.95. The van der Waals surface area contributed by atoms with Crippen molar-refractivity contribution in [3.8, 4) is 0 Å². The fraction of sp³-hybridized carbons (Fsp3) is 0.136. The molecule has 1 N–H and O–H groups in total. The zero-order valence-electron chi connectivity index (χ0n) is 15.9. The molecule has 0 radical (unpaired) electrons. The number of esters is 1. The van der Waals surface area contributed by atoms with Crippen molar-refractivity contribution in [3.05, 3.63) is 75.8 Å². The summed E-state index contributed by atoms with van der Waals surface area (Å²) in [6, 6.07) is 15.2. The van der Waals surface area contributed by atoms with E-state index in [1.807, 2.05) is 43.3 Å². The minimum atomic E-state index is -0.366. The van der Waals surface area contributed by atoms with Gasteiger partial charge in [-0.2, -0.15) is 0 Å². The molecule has 1 saturated heterocycles. The van der Waals surface area contributed by atoms with E-state index in [9.17, 15) is 14.4 Å². The zero-order valence-corrected chi connectivity index (χ0v) is 16.7. The second-order valence-electron chi connectivity index (χ2n) is 6.64. The maximum absolute atomic E-state index is 12.0. The second kappa shape index (κ2) is 7.60. The minimum Gasteiger partial charge on any atom is -0.465 e. The van der Waals surface area contributed by atoms with Gasteiger partial charge in [-0.25, -0.2) is 4.79 Å². The van der Waals surface area contributed by atoms with Crippen molar-refractivity contribution in [3.63, 3.8) is 0 Å². The summed E-state index contributed by atoms with van der Waals surface area (Å²) in [5.74, 6) is -0.732. The molecule has 0 unspecified atom stereocenters. The van der Waals surface area contributed by atoms with Crippen LogP contribution in [0.3, 0.4) is 0 Å². The van der Waals surface area contributed by atoms with E-state index in [2.05, 4.69) is 9.88 Å². The molecule has 0 atom stereocenters. The van der Waals surface area contributed by atoms with Crippen LogP contribution in [0.4, 0.5) is 4.79 Å². The highest BCUT2D eigenvalue weighted by molar-refractivity contribution is 8.18. The van der Waals surface area contributed by atoms with Crippen molar-refractivity contribution in [2.75, 3.05) is 7.11 Å². The molecule has 2 heterocycles. The van der Waals surface area contributed by atoms with E-state index in [-0.39, 0.29) is 17.1 Å². The standard InChI is InChI=1S/C22H18N2O4S/c1-13-17(11-19-20(25)23-22(27)29-19)16-5-3-4-6-18(16)24(13)12-14-7-9-15(10-8-14)21(26)28-2/h3-11H,12H2,1-2H3,(H,23,25,27)/b19-11+. The molecule has 4 rings (SSSR count). The summed E-state index contributed by atoms with van der Waals surface area (Å²) in [4.78, 5) is 35.5. The Kier molecular flexibility index (Phi) is 4.98. The van der Waals surface area contributed by atoms with Gasteiger partial charge in [0.1, 0.15) is 0 Å². The van der Waals surface area contributed by atoms with E-state index in [1.165, 1.54) is 7.11 Å². The van der Waals surface area contributed by atoms with Crippen LogP contribution in [0.5, 0.6) is 0 Å². The Morgan fingerprint density at radius 3 is 2.52 bits per heavy atom. The van der Waals surface area contributed by atoms with Crippen LogP contribution in [0, 0.1) is 6.92 Å². The average Bonchev–Trinajstić information content (AvgIpc) is 3.19. The van der Waals surface area contributed by atoms with E-state index >= 15 is 0 Å². The molecule has 1 fully saturated rings. The highest BCUT2D eigenvalue weighted by atomic mass is 32.2. The van der Waals surface area contributed by atoms with Crippen molar-refractivity contribution < 1.29 is 19.1 Å². The van der Waals surface area contributed by atoms with Crippen LogP contribution >= 0.6 is 11.8 Å². The third-order valence-corrected chi connectivity index (χ3v) is 5.72. The first-order valence-electron chi connectivity index (χ1n) is 8.98. The normalized spacial score (nSPS) is 15.2. The van der Waals surface area contributed by atoms with Gasteiger partial charge >= 0.3 is 5.97 Å². The molecule has 29 heavy (non-hydrogen) atoms. The first-order chi connectivity index (χ1) is 14.0. The van der Waals surface area contributed by atoms with Gasteiger partial charge in [0.2, 0.25) is 0 Å². The van der Waals surface area contributed by atoms with Crippen molar-refractivity contribution >= 4 is 45.9 Å². The lowest BCUT2D eigenvalue weighted by molar-refractivity contribution is -0.115. The lowest BCUT2D eigenvalue weighted by atomic mass is 10.1. The zero-order chi connectivity index (χ0) is 20.5. The molecule has 3 aromatic rings. The Hall–Kier alpha value is -3.32. The number of amides is 2. The number of thioether (sulfide) groups is 1. The summed E-state index contributed by atoms with van der Waals surface area (Å²) in [5.41, 5.74) is 4.47. The fourth-order valence-electron chi connectivity index (χ4n) is 3.44. The number of fused-ring (bicyclic) bond motifs is 1. The number of carbonyl (C=O) groups excluding carboxylic acids is 3. The predicted molar refractivity (Wildman–Crippen MR) is 113 cm³/mol. The van der Waals surface area contributed by atoms with Gasteiger partial charge in [0.05, 0.1) is 17.6 Å². The Morgan fingerprint density at radius 1 is 1.14 bits per heavy atom. The topological polar surface area (TPSA) is 77.4 Å². The van der Waals surface area contributed by atoms with Crippen LogP contribution in [0.25, 0.3) is 17.0 Å². The molecule has 6 nitrogen and oxygen atoms in total. The summed E-state index contributed by atoms with van der Waals surface area (Å²) in [6.45, 7) is 2.60. The van der Waals surface area contributed by atoms with Crippen LogP contribution in [0.2, 0.25) is 0 Å². The number of ether oxygens (including phenoxy) is 1. The molecule has 0 aliphatic carbocycles. The number of rotatable bonds is 4. The molecule has 0 saturated carbocycles. The lowest BCUT2D eigenvalue weighted by Gasteiger charge is -2.09. The molecule has 2 aromatic carbocycles. The van der Waals surface area contributed by atoms with Gasteiger partial charge in [-0.05, 0) is 48.5 Å². The SMILES string of the molecule is COC(=O)c1ccc(Cn2c(C)c(/C=C3/SC(=O)NC3=O)c3ccccc32)cc1. The van der Waals surface area contributed by atoms with Crippen molar-refractivity contribution in [1.82, 2.24) is 9.88 Å². The molecular formula is C22H18N2O4S. The van der Waals surface area contributed by atoms with E-state index in [4.69, 9.17) is 4.74 Å². The Balaban J connectivity index is 1.75. The summed E-state index contributed by atoms with van der Waals surface area (Å²) >= 11 is 0.914.